The van der Waals surface area contributed by atoms with Gasteiger partial charge in [-0.05, 0) is 44.2 Å². The second-order valence-corrected chi connectivity index (χ2v) is 5.68. The van der Waals surface area contributed by atoms with Gasteiger partial charge in [-0.1, -0.05) is 48.9 Å². The summed E-state index contributed by atoms with van der Waals surface area (Å²) in [5.41, 5.74) is 2.33. The Morgan fingerprint density at radius 1 is 1.05 bits per heavy atom. The largest absolute Gasteiger partial charge is 0.491 e. The molecule has 2 rings (SSSR count). The van der Waals surface area contributed by atoms with Crippen molar-refractivity contribution < 1.29 is 4.74 Å². The van der Waals surface area contributed by atoms with Gasteiger partial charge >= 0.3 is 0 Å². The summed E-state index contributed by atoms with van der Waals surface area (Å²) in [7, 11) is 0. The number of rotatable bonds is 6. The van der Waals surface area contributed by atoms with E-state index in [0.29, 0.717) is 0 Å². The lowest BCUT2D eigenvalue weighted by Crippen LogP contribution is -2.23. The molecule has 0 radical (unpaired) electrons. The first-order valence-corrected chi connectivity index (χ1v) is 7.74. The third-order valence-electron chi connectivity index (χ3n) is 3.20. The van der Waals surface area contributed by atoms with E-state index in [0.717, 1.165) is 22.9 Å². The van der Waals surface area contributed by atoms with Gasteiger partial charge < -0.3 is 10.1 Å². The van der Waals surface area contributed by atoms with Crippen LogP contribution >= 0.6 is 11.6 Å². The minimum absolute atomic E-state index is 0.0993. The van der Waals surface area contributed by atoms with Crippen LogP contribution in [-0.4, -0.2) is 12.6 Å². The summed E-state index contributed by atoms with van der Waals surface area (Å²) in [5.74, 6) is 0.924. The normalized spacial score (nSPS) is 12.4. The maximum Gasteiger partial charge on any atom is 0.124 e. The van der Waals surface area contributed by atoms with Crippen molar-refractivity contribution in [1.82, 2.24) is 5.32 Å². The topological polar surface area (TPSA) is 21.3 Å². The van der Waals surface area contributed by atoms with E-state index in [1.807, 2.05) is 44.2 Å². The molecule has 2 aromatic rings. The number of para-hydroxylation sites is 1. The SMILES string of the molecule is CCNC(c1ccc(Cl)cc1)c1ccccc1OC(C)C. The zero-order valence-corrected chi connectivity index (χ0v) is 13.5. The third-order valence-corrected chi connectivity index (χ3v) is 3.46. The number of ether oxygens (including phenoxy) is 1. The van der Waals surface area contributed by atoms with E-state index in [1.165, 1.54) is 5.56 Å². The quantitative estimate of drug-likeness (QED) is 0.825. The highest BCUT2D eigenvalue weighted by molar-refractivity contribution is 6.30. The molecule has 2 aromatic carbocycles. The van der Waals surface area contributed by atoms with Crippen LogP contribution in [0.2, 0.25) is 5.02 Å². The van der Waals surface area contributed by atoms with Crippen molar-refractivity contribution in [3.8, 4) is 5.75 Å². The summed E-state index contributed by atoms with van der Waals surface area (Å²) < 4.78 is 5.95. The summed E-state index contributed by atoms with van der Waals surface area (Å²) in [4.78, 5) is 0. The van der Waals surface area contributed by atoms with E-state index >= 15 is 0 Å². The van der Waals surface area contributed by atoms with Crippen LogP contribution in [0.15, 0.2) is 48.5 Å². The van der Waals surface area contributed by atoms with Gasteiger partial charge in [-0.2, -0.15) is 0 Å². The first-order valence-electron chi connectivity index (χ1n) is 7.36. The molecule has 0 heterocycles. The highest BCUT2D eigenvalue weighted by Crippen LogP contribution is 2.31. The van der Waals surface area contributed by atoms with Crippen molar-refractivity contribution in [3.05, 3.63) is 64.7 Å². The smallest absolute Gasteiger partial charge is 0.124 e. The van der Waals surface area contributed by atoms with Gasteiger partial charge in [-0.3, -0.25) is 0 Å². The first-order chi connectivity index (χ1) is 10.1. The highest BCUT2D eigenvalue weighted by atomic mass is 35.5. The van der Waals surface area contributed by atoms with Gasteiger partial charge in [0.2, 0.25) is 0 Å². The van der Waals surface area contributed by atoms with Gasteiger partial charge in [-0.25, -0.2) is 0 Å². The van der Waals surface area contributed by atoms with Crippen LogP contribution in [0, 0.1) is 0 Å². The van der Waals surface area contributed by atoms with Crippen molar-refractivity contribution in [2.24, 2.45) is 0 Å². The van der Waals surface area contributed by atoms with Crippen molar-refractivity contribution in [3.63, 3.8) is 0 Å². The fraction of sp³-hybridized carbons (Fsp3) is 0.333. The maximum atomic E-state index is 5.99. The van der Waals surface area contributed by atoms with Crippen molar-refractivity contribution in [1.29, 1.82) is 0 Å². The van der Waals surface area contributed by atoms with Crippen molar-refractivity contribution in [2.45, 2.75) is 32.9 Å². The molecule has 0 spiro atoms. The predicted octanol–water partition coefficient (Wildman–Crippen LogP) is 4.83. The Kier molecular flexibility index (Phi) is 5.66. The van der Waals surface area contributed by atoms with Gasteiger partial charge in [0, 0.05) is 10.6 Å². The highest BCUT2D eigenvalue weighted by Gasteiger charge is 2.17. The summed E-state index contributed by atoms with van der Waals surface area (Å²) in [5, 5.41) is 4.28. The zero-order valence-electron chi connectivity index (χ0n) is 12.8. The van der Waals surface area contributed by atoms with Crippen LogP contribution in [-0.2, 0) is 0 Å². The third kappa shape index (κ3) is 4.23. The Hall–Kier alpha value is -1.51. The fourth-order valence-electron chi connectivity index (χ4n) is 2.35. The van der Waals surface area contributed by atoms with E-state index in [-0.39, 0.29) is 12.1 Å². The van der Waals surface area contributed by atoms with E-state index in [2.05, 4.69) is 30.4 Å². The van der Waals surface area contributed by atoms with E-state index < -0.39 is 0 Å². The summed E-state index contributed by atoms with van der Waals surface area (Å²) in [6.45, 7) is 7.07. The first kappa shape index (κ1) is 15.9. The minimum Gasteiger partial charge on any atom is -0.491 e. The van der Waals surface area contributed by atoms with Crippen molar-refractivity contribution >= 4 is 11.6 Å². The lowest BCUT2D eigenvalue weighted by Gasteiger charge is -2.23. The lowest BCUT2D eigenvalue weighted by molar-refractivity contribution is 0.238. The van der Waals surface area contributed by atoms with Crippen LogP contribution < -0.4 is 10.1 Å². The second kappa shape index (κ2) is 7.48. The molecule has 1 unspecified atom stereocenters. The molecule has 0 bridgehead atoms. The Morgan fingerprint density at radius 3 is 2.33 bits per heavy atom. The molecular formula is C18H22ClNO. The molecule has 0 fully saturated rings. The number of hydrogen-bond donors (Lipinski definition) is 1. The maximum absolute atomic E-state index is 5.99. The van der Waals surface area contributed by atoms with Gasteiger partial charge in [0.15, 0.2) is 0 Å². The van der Waals surface area contributed by atoms with Crippen LogP contribution in [0.5, 0.6) is 5.75 Å². The van der Waals surface area contributed by atoms with Gasteiger partial charge in [-0.15, -0.1) is 0 Å². The van der Waals surface area contributed by atoms with Gasteiger partial charge in [0.1, 0.15) is 5.75 Å². The Labute approximate surface area is 132 Å². The standard InChI is InChI=1S/C18H22ClNO/c1-4-20-18(14-9-11-15(19)12-10-14)16-7-5-6-8-17(16)21-13(2)3/h5-13,18,20H,4H2,1-3H3. The molecular weight excluding hydrogens is 282 g/mol. The minimum atomic E-state index is 0.0993. The number of benzene rings is 2. The van der Waals surface area contributed by atoms with E-state index in [1.54, 1.807) is 0 Å². The van der Waals surface area contributed by atoms with Crippen LogP contribution in [0.3, 0.4) is 0 Å². The monoisotopic (exact) mass is 303 g/mol. The predicted molar refractivity (Wildman–Crippen MR) is 89.2 cm³/mol. The van der Waals surface area contributed by atoms with Gasteiger partial charge in [0.05, 0.1) is 12.1 Å². The van der Waals surface area contributed by atoms with Crippen LogP contribution in [0.4, 0.5) is 0 Å². The zero-order chi connectivity index (χ0) is 15.2. The Balaban J connectivity index is 2.40. The number of hydrogen-bond acceptors (Lipinski definition) is 2. The van der Waals surface area contributed by atoms with Crippen LogP contribution in [0.25, 0.3) is 0 Å². The molecule has 0 saturated heterocycles. The number of halogens is 1. The average molecular weight is 304 g/mol. The molecule has 1 atom stereocenters. The summed E-state index contributed by atoms with van der Waals surface area (Å²) in [6, 6.07) is 16.2. The van der Waals surface area contributed by atoms with E-state index in [9.17, 15) is 0 Å². The van der Waals surface area contributed by atoms with Crippen molar-refractivity contribution in [2.75, 3.05) is 6.54 Å². The molecule has 2 nitrogen and oxygen atoms in total. The second-order valence-electron chi connectivity index (χ2n) is 5.25. The molecule has 21 heavy (non-hydrogen) atoms. The fourth-order valence-corrected chi connectivity index (χ4v) is 2.47. The molecule has 0 aliphatic rings. The molecule has 0 amide bonds. The summed E-state index contributed by atoms with van der Waals surface area (Å²) in [6.07, 6.45) is 0.152. The average Bonchev–Trinajstić information content (AvgIpc) is 2.46. The molecule has 0 saturated carbocycles. The van der Waals surface area contributed by atoms with E-state index in [4.69, 9.17) is 16.3 Å². The number of nitrogens with one attached hydrogen (secondary N) is 1. The lowest BCUT2D eigenvalue weighted by atomic mass is 9.97. The Morgan fingerprint density at radius 2 is 1.71 bits per heavy atom. The molecule has 112 valence electrons. The summed E-state index contributed by atoms with van der Waals surface area (Å²) >= 11 is 5.99. The molecule has 0 aromatic heterocycles. The molecule has 3 heteroatoms. The molecule has 1 N–H and O–H groups in total. The Bertz CT molecular complexity index is 566. The van der Waals surface area contributed by atoms with Crippen LogP contribution in [0.1, 0.15) is 37.9 Å². The molecule has 0 aliphatic carbocycles. The molecule has 0 aliphatic heterocycles. The van der Waals surface area contributed by atoms with Gasteiger partial charge in [0.25, 0.3) is 0 Å².